The number of pyridine rings is 1. The van der Waals surface area contributed by atoms with Crippen LogP contribution in [0.4, 0.5) is 0 Å². The summed E-state index contributed by atoms with van der Waals surface area (Å²) >= 11 is 0. The van der Waals surface area contributed by atoms with Gasteiger partial charge in [0.1, 0.15) is 5.69 Å². The van der Waals surface area contributed by atoms with E-state index in [0.29, 0.717) is 12.3 Å². The summed E-state index contributed by atoms with van der Waals surface area (Å²) < 4.78 is 7.27. The predicted octanol–water partition coefficient (Wildman–Crippen LogP) is 3.34. The molecule has 2 heterocycles. The Balaban J connectivity index is 1.97. The number of nitrogens with zero attached hydrogens (tertiary/aromatic N) is 3. The molecule has 0 unspecified atom stereocenters. The third kappa shape index (κ3) is 3.28. The van der Waals surface area contributed by atoms with Crippen LogP contribution in [-0.4, -0.2) is 41.1 Å². The molecule has 0 fully saturated rings. The number of methoxy groups -OCH3 is 1. The molecule has 5 nitrogen and oxygen atoms in total. The van der Waals surface area contributed by atoms with E-state index < -0.39 is 0 Å². The fourth-order valence-electron chi connectivity index (χ4n) is 3.12. The molecule has 0 saturated heterocycles. The van der Waals surface area contributed by atoms with Gasteiger partial charge in [-0.25, -0.2) is 0 Å². The van der Waals surface area contributed by atoms with E-state index in [0.717, 1.165) is 16.6 Å². The minimum atomic E-state index is -0.238. The Hall–Kier alpha value is -2.66. The van der Waals surface area contributed by atoms with Gasteiger partial charge in [0.25, 0.3) is 5.91 Å². The lowest BCUT2D eigenvalue weighted by Gasteiger charge is -2.27. The number of likely N-dealkylation sites (N-methyl/N-ethyl adjacent to an activating group) is 1. The summed E-state index contributed by atoms with van der Waals surface area (Å²) in [5.41, 5.74) is 3.69. The summed E-state index contributed by atoms with van der Waals surface area (Å²) in [7, 11) is 5.35. The lowest BCUT2D eigenvalue weighted by molar-refractivity contribution is 0.0586. The molecule has 5 heteroatoms. The molecule has 0 N–H and O–H groups in total. The van der Waals surface area contributed by atoms with E-state index in [2.05, 4.69) is 24.0 Å². The van der Waals surface area contributed by atoms with E-state index in [9.17, 15) is 4.79 Å². The highest BCUT2D eigenvalue weighted by molar-refractivity contribution is 5.99. The Kier molecular flexibility index (Phi) is 4.86. The van der Waals surface area contributed by atoms with E-state index in [-0.39, 0.29) is 11.9 Å². The van der Waals surface area contributed by atoms with Gasteiger partial charge >= 0.3 is 0 Å². The van der Waals surface area contributed by atoms with Gasteiger partial charge in [-0.05, 0) is 37.3 Å². The summed E-state index contributed by atoms with van der Waals surface area (Å²) in [5, 5.41) is 1.07. The third-order valence-corrected chi connectivity index (χ3v) is 4.56. The van der Waals surface area contributed by atoms with Gasteiger partial charge in [-0.1, -0.05) is 17.7 Å². The molecule has 0 bridgehead atoms. The summed E-state index contributed by atoms with van der Waals surface area (Å²) in [4.78, 5) is 19.2. The van der Waals surface area contributed by atoms with Gasteiger partial charge in [0.15, 0.2) is 0 Å². The molecule has 130 valence electrons. The number of aryl methyl sites for hydroxylation is 2. The lowest BCUT2D eigenvalue weighted by atomic mass is 10.1. The van der Waals surface area contributed by atoms with Crippen molar-refractivity contribution in [2.75, 3.05) is 20.8 Å². The zero-order chi connectivity index (χ0) is 18.0. The number of ether oxygens (including phenoxy) is 1. The van der Waals surface area contributed by atoms with Crippen molar-refractivity contribution in [1.82, 2.24) is 14.5 Å². The van der Waals surface area contributed by atoms with Crippen molar-refractivity contribution in [3.8, 4) is 0 Å². The summed E-state index contributed by atoms with van der Waals surface area (Å²) in [6, 6.07) is 13.6. The molecule has 0 aliphatic rings. The Morgan fingerprint density at radius 1 is 1.28 bits per heavy atom. The van der Waals surface area contributed by atoms with Gasteiger partial charge in [-0.2, -0.15) is 0 Å². The van der Waals surface area contributed by atoms with E-state index in [4.69, 9.17) is 4.74 Å². The first-order valence-electron chi connectivity index (χ1n) is 8.26. The maximum atomic E-state index is 13.1. The van der Waals surface area contributed by atoms with Crippen LogP contribution in [0.25, 0.3) is 10.9 Å². The Morgan fingerprint density at radius 2 is 2.08 bits per heavy atom. The molecule has 3 rings (SSSR count). The SMILES string of the molecule is COC[C@@H](c1ccccn1)N(C)C(=O)c1cc2cc(C)ccc2n1C. The Morgan fingerprint density at radius 3 is 2.76 bits per heavy atom. The van der Waals surface area contributed by atoms with E-state index in [1.165, 1.54) is 5.56 Å². The number of carbonyl (C=O) groups is 1. The minimum Gasteiger partial charge on any atom is -0.382 e. The first-order valence-corrected chi connectivity index (χ1v) is 8.26. The second-order valence-electron chi connectivity index (χ2n) is 6.29. The van der Waals surface area contributed by atoms with E-state index in [1.807, 2.05) is 41.9 Å². The fraction of sp³-hybridized carbons (Fsp3) is 0.300. The number of hydrogen-bond donors (Lipinski definition) is 0. The number of hydrogen-bond acceptors (Lipinski definition) is 3. The predicted molar refractivity (Wildman–Crippen MR) is 98.6 cm³/mol. The zero-order valence-corrected chi connectivity index (χ0v) is 15.1. The third-order valence-electron chi connectivity index (χ3n) is 4.56. The molecule has 3 aromatic rings. The zero-order valence-electron chi connectivity index (χ0n) is 15.1. The van der Waals surface area contributed by atoms with Gasteiger partial charge in [-0.3, -0.25) is 9.78 Å². The molecule has 25 heavy (non-hydrogen) atoms. The molecule has 1 aromatic carbocycles. The number of amides is 1. The largest absolute Gasteiger partial charge is 0.382 e. The van der Waals surface area contributed by atoms with Crippen LogP contribution >= 0.6 is 0 Å². The number of aromatic nitrogens is 2. The maximum Gasteiger partial charge on any atom is 0.270 e. The summed E-state index contributed by atoms with van der Waals surface area (Å²) in [6.07, 6.45) is 1.73. The number of rotatable bonds is 5. The van der Waals surface area contributed by atoms with Crippen molar-refractivity contribution in [2.24, 2.45) is 7.05 Å². The monoisotopic (exact) mass is 337 g/mol. The molecule has 0 spiro atoms. The topological polar surface area (TPSA) is 47.4 Å². The van der Waals surface area contributed by atoms with E-state index in [1.54, 1.807) is 25.3 Å². The normalized spacial score (nSPS) is 12.3. The number of carbonyl (C=O) groups excluding carboxylic acids is 1. The second-order valence-corrected chi connectivity index (χ2v) is 6.29. The van der Waals surface area contributed by atoms with Crippen LogP contribution in [0.3, 0.4) is 0 Å². The van der Waals surface area contributed by atoms with E-state index >= 15 is 0 Å². The molecule has 0 saturated carbocycles. The van der Waals surface area contributed by atoms with Crippen molar-refractivity contribution in [3.05, 3.63) is 65.6 Å². The first kappa shape index (κ1) is 17.2. The number of fused-ring (bicyclic) bond motifs is 1. The molecular formula is C20H23N3O2. The van der Waals surface area contributed by atoms with Gasteiger partial charge < -0.3 is 14.2 Å². The first-order chi connectivity index (χ1) is 12.0. The van der Waals surface area contributed by atoms with Crippen LogP contribution < -0.4 is 0 Å². The maximum absolute atomic E-state index is 13.1. The summed E-state index contributed by atoms with van der Waals surface area (Å²) in [6.45, 7) is 2.44. The lowest BCUT2D eigenvalue weighted by Crippen LogP contribution is -2.35. The molecule has 0 aliphatic carbocycles. The Bertz CT molecular complexity index is 887. The van der Waals surface area contributed by atoms with Crippen molar-refractivity contribution >= 4 is 16.8 Å². The molecule has 2 aromatic heterocycles. The highest BCUT2D eigenvalue weighted by Crippen LogP contribution is 2.24. The second kappa shape index (κ2) is 7.07. The number of benzene rings is 1. The average Bonchev–Trinajstić information content (AvgIpc) is 2.95. The van der Waals surface area contributed by atoms with Gasteiger partial charge in [0, 0.05) is 38.3 Å². The Labute approximate surface area is 147 Å². The molecule has 1 atom stereocenters. The summed E-state index contributed by atoms with van der Waals surface area (Å²) in [5.74, 6) is -0.0518. The van der Waals surface area contributed by atoms with Crippen molar-refractivity contribution in [1.29, 1.82) is 0 Å². The van der Waals surface area contributed by atoms with Crippen molar-refractivity contribution < 1.29 is 9.53 Å². The van der Waals surface area contributed by atoms with Crippen LogP contribution in [-0.2, 0) is 11.8 Å². The minimum absolute atomic E-state index is 0.0518. The van der Waals surface area contributed by atoms with Crippen LogP contribution in [0.15, 0.2) is 48.7 Å². The quantitative estimate of drug-likeness (QED) is 0.717. The van der Waals surface area contributed by atoms with Crippen LogP contribution in [0, 0.1) is 6.92 Å². The van der Waals surface area contributed by atoms with Crippen LogP contribution in [0.5, 0.6) is 0 Å². The fourth-order valence-corrected chi connectivity index (χ4v) is 3.12. The van der Waals surface area contributed by atoms with Crippen molar-refractivity contribution in [3.63, 3.8) is 0 Å². The molecular weight excluding hydrogens is 314 g/mol. The molecule has 0 radical (unpaired) electrons. The molecule has 0 aliphatic heterocycles. The molecule has 1 amide bonds. The smallest absolute Gasteiger partial charge is 0.270 e. The highest BCUT2D eigenvalue weighted by Gasteiger charge is 2.26. The average molecular weight is 337 g/mol. The van der Waals surface area contributed by atoms with Crippen LogP contribution in [0.1, 0.15) is 27.8 Å². The highest BCUT2D eigenvalue weighted by atomic mass is 16.5. The standard InChI is InChI=1S/C20H23N3O2/c1-14-8-9-17-15(11-14)12-18(22(17)2)20(24)23(3)19(13-25-4)16-7-5-6-10-21-16/h5-12,19H,13H2,1-4H3/t19-/m0/s1. The van der Waals surface area contributed by atoms with Gasteiger partial charge in [-0.15, -0.1) is 0 Å². The van der Waals surface area contributed by atoms with Crippen LogP contribution in [0.2, 0.25) is 0 Å². The van der Waals surface area contributed by atoms with Gasteiger partial charge in [0.2, 0.25) is 0 Å². The van der Waals surface area contributed by atoms with Crippen molar-refractivity contribution in [2.45, 2.75) is 13.0 Å². The van der Waals surface area contributed by atoms with Gasteiger partial charge in [0.05, 0.1) is 18.3 Å².